The molecule has 0 saturated heterocycles. The van der Waals surface area contributed by atoms with Gasteiger partial charge in [-0.3, -0.25) is 0 Å². The Kier molecular flexibility index (Phi) is 6.37. The third-order valence-electron chi connectivity index (χ3n) is 3.20. The maximum absolute atomic E-state index is 3.50. The van der Waals surface area contributed by atoms with Gasteiger partial charge in [0.25, 0.3) is 0 Å². The van der Waals surface area contributed by atoms with Gasteiger partial charge in [-0.25, -0.2) is 0 Å². The van der Waals surface area contributed by atoms with E-state index in [9.17, 15) is 0 Å². The number of nitrogens with one attached hydrogen (secondary N) is 1. The summed E-state index contributed by atoms with van der Waals surface area (Å²) in [6.07, 6.45) is 0. The molecule has 0 fully saturated rings. The summed E-state index contributed by atoms with van der Waals surface area (Å²) < 4.78 is 0. The minimum atomic E-state index is 0.578. The maximum atomic E-state index is 3.50. The monoisotopic (exact) mass is 248 g/mol. The fraction of sp³-hybridized carbons (Fsp3) is 0.625. The third kappa shape index (κ3) is 5.65. The first kappa shape index (κ1) is 15.2. The predicted octanol–water partition coefficient (Wildman–Crippen LogP) is 3.06. The minimum Gasteiger partial charge on any atom is -0.314 e. The van der Waals surface area contributed by atoms with E-state index in [1.54, 1.807) is 0 Å². The molecule has 0 amide bonds. The van der Waals surface area contributed by atoms with Gasteiger partial charge in [0.1, 0.15) is 0 Å². The second-order valence-corrected chi connectivity index (χ2v) is 5.79. The second kappa shape index (κ2) is 7.55. The van der Waals surface area contributed by atoms with E-state index in [0.717, 1.165) is 19.6 Å². The van der Waals surface area contributed by atoms with E-state index in [-0.39, 0.29) is 0 Å². The normalized spacial score (nSPS) is 13.3. The van der Waals surface area contributed by atoms with Gasteiger partial charge in [-0.2, -0.15) is 0 Å². The molecule has 0 radical (unpaired) electrons. The van der Waals surface area contributed by atoms with Crippen LogP contribution in [0.2, 0.25) is 0 Å². The molecule has 102 valence electrons. The fourth-order valence-corrected chi connectivity index (χ4v) is 2.18. The molecule has 18 heavy (non-hydrogen) atoms. The topological polar surface area (TPSA) is 15.3 Å². The van der Waals surface area contributed by atoms with Crippen molar-refractivity contribution < 1.29 is 0 Å². The maximum Gasteiger partial charge on any atom is 0.0233 e. The lowest BCUT2D eigenvalue weighted by atomic mass is 10.1. The van der Waals surface area contributed by atoms with E-state index < -0.39 is 0 Å². The molecule has 1 rings (SSSR count). The molecule has 1 N–H and O–H groups in total. The van der Waals surface area contributed by atoms with Crippen LogP contribution in [0, 0.1) is 12.8 Å². The van der Waals surface area contributed by atoms with Gasteiger partial charge in [0.05, 0.1) is 0 Å². The van der Waals surface area contributed by atoms with E-state index in [1.165, 1.54) is 11.1 Å². The predicted molar refractivity (Wildman–Crippen MR) is 79.8 cm³/mol. The quantitative estimate of drug-likeness (QED) is 0.798. The highest BCUT2D eigenvalue weighted by Crippen LogP contribution is 2.10. The lowest BCUT2D eigenvalue weighted by Crippen LogP contribution is -2.33. The van der Waals surface area contributed by atoms with E-state index in [0.29, 0.717) is 12.0 Å². The summed E-state index contributed by atoms with van der Waals surface area (Å²) in [6, 6.07) is 9.22. The molecule has 0 saturated carbocycles. The van der Waals surface area contributed by atoms with Gasteiger partial charge in [0, 0.05) is 19.1 Å². The molecule has 2 nitrogen and oxygen atoms in total. The van der Waals surface area contributed by atoms with Gasteiger partial charge >= 0.3 is 0 Å². The van der Waals surface area contributed by atoms with Crippen molar-refractivity contribution in [3.63, 3.8) is 0 Å². The molecule has 1 aromatic rings. The summed E-state index contributed by atoms with van der Waals surface area (Å²) in [6.45, 7) is 12.2. The van der Waals surface area contributed by atoms with Crippen LogP contribution in [0.25, 0.3) is 0 Å². The summed E-state index contributed by atoms with van der Waals surface area (Å²) in [5.41, 5.74) is 2.82. The van der Waals surface area contributed by atoms with Gasteiger partial charge in [0.15, 0.2) is 0 Å². The lowest BCUT2D eigenvalue weighted by Gasteiger charge is -2.23. The molecule has 1 unspecified atom stereocenters. The van der Waals surface area contributed by atoms with E-state index in [2.05, 4.69) is 69.2 Å². The largest absolute Gasteiger partial charge is 0.314 e. The zero-order chi connectivity index (χ0) is 13.5. The van der Waals surface area contributed by atoms with Crippen LogP contribution in [-0.2, 0) is 6.54 Å². The van der Waals surface area contributed by atoms with Crippen LogP contribution in [0.15, 0.2) is 24.3 Å². The Balaban J connectivity index is 2.37. The SMILES string of the molecule is Cc1ccccc1CN(C)CC(C)CNC(C)C. The zero-order valence-electron chi connectivity index (χ0n) is 12.5. The highest BCUT2D eigenvalue weighted by atomic mass is 15.1. The number of hydrogen-bond acceptors (Lipinski definition) is 2. The zero-order valence-corrected chi connectivity index (χ0v) is 12.5. The summed E-state index contributed by atoms with van der Waals surface area (Å²) in [7, 11) is 2.21. The van der Waals surface area contributed by atoms with Gasteiger partial charge in [-0.05, 0) is 37.6 Å². The van der Waals surface area contributed by atoms with Crippen molar-refractivity contribution in [1.82, 2.24) is 10.2 Å². The summed E-state index contributed by atoms with van der Waals surface area (Å²) in [5, 5.41) is 3.50. The van der Waals surface area contributed by atoms with Crippen LogP contribution in [-0.4, -0.2) is 31.1 Å². The molecule has 0 bridgehead atoms. The molecular formula is C16H28N2. The Morgan fingerprint density at radius 1 is 1.17 bits per heavy atom. The molecule has 1 atom stereocenters. The molecule has 0 aliphatic rings. The molecular weight excluding hydrogens is 220 g/mol. The van der Waals surface area contributed by atoms with Crippen LogP contribution in [0.4, 0.5) is 0 Å². The van der Waals surface area contributed by atoms with E-state index in [4.69, 9.17) is 0 Å². The highest BCUT2D eigenvalue weighted by molar-refractivity contribution is 5.25. The smallest absolute Gasteiger partial charge is 0.0233 e. The van der Waals surface area contributed by atoms with Crippen molar-refractivity contribution in [2.45, 2.75) is 40.3 Å². The van der Waals surface area contributed by atoms with Crippen LogP contribution in [0.5, 0.6) is 0 Å². The number of benzene rings is 1. The average molecular weight is 248 g/mol. The Labute approximate surface area is 112 Å². The fourth-order valence-electron chi connectivity index (χ4n) is 2.18. The molecule has 0 spiro atoms. The lowest BCUT2D eigenvalue weighted by molar-refractivity contribution is 0.271. The molecule has 2 heteroatoms. The molecule has 1 aromatic carbocycles. The molecule has 0 heterocycles. The standard InChI is InChI=1S/C16H28N2/c1-13(2)17-10-14(3)11-18(5)12-16-9-7-6-8-15(16)4/h6-9,13-14,17H,10-12H2,1-5H3. The first-order valence-electron chi connectivity index (χ1n) is 6.95. The Bertz CT molecular complexity index is 347. The van der Waals surface area contributed by atoms with Crippen molar-refractivity contribution in [2.75, 3.05) is 20.1 Å². The van der Waals surface area contributed by atoms with E-state index >= 15 is 0 Å². The van der Waals surface area contributed by atoms with E-state index in [1.807, 2.05) is 0 Å². The van der Waals surface area contributed by atoms with Crippen molar-refractivity contribution in [3.05, 3.63) is 35.4 Å². The molecule has 0 aliphatic heterocycles. The van der Waals surface area contributed by atoms with Gasteiger partial charge in [-0.1, -0.05) is 45.0 Å². The number of aryl methyl sites for hydroxylation is 1. The van der Waals surface area contributed by atoms with Crippen LogP contribution in [0.3, 0.4) is 0 Å². The Morgan fingerprint density at radius 2 is 1.83 bits per heavy atom. The third-order valence-corrected chi connectivity index (χ3v) is 3.20. The van der Waals surface area contributed by atoms with Crippen molar-refractivity contribution >= 4 is 0 Å². The van der Waals surface area contributed by atoms with Crippen molar-refractivity contribution in [1.29, 1.82) is 0 Å². The molecule has 0 aromatic heterocycles. The Hall–Kier alpha value is -0.860. The van der Waals surface area contributed by atoms with Gasteiger partial charge in [-0.15, -0.1) is 0 Å². The van der Waals surface area contributed by atoms with Crippen LogP contribution in [0.1, 0.15) is 31.9 Å². The van der Waals surface area contributed by atoms with Crippen LogP contribution >= 0.6 is 0 Å². The second-order valence-electron chi connectivity index (χ2n) is 5.79. The van der Waals surface area contributed by atoms with Gasteiger partial charge in [0.2, 0.25) is 0 Å². The van der Waals surface area contributed by atoms with Crippen molar-refractivity contribution in [3.8, 4) is 0 Å². The van der Waals surface area contributed by atoms with Gasteiger partial charge < -0.3 is 10.2 Å². The first-order chi connectivity index (χ1) is 8.49. The first-order valence-corrected chi connectivity index (χ1v) is 6.95. The molecule has 0 aliphatic carbocycles. The Morgan fingerprint density at radius 3 is 2.44 bits per heavy atom. The minimum absolute atomic E-state index is 0.578. The summed E-state index contributed by atoms with van der Waals surface area (Å²) in [4.78, 5) is 2.41. The number of rotatable bonds is 7. The number of hydrogen-bond donors (Lipinski definition) is 1. The summed E-state index contributed by atoms with van der Waals surface area (Å²) >= 11 is 0. The number of nitrogens with zero attached hydrogens (tertiary/aromatic N) is 1. The van der Waals surface area contributed by atoms with Crippen LogP contribution < -0.4 is 5.32 Å². The highest BCUT2D eigenvalue weighted by Gasteiger charge is 2.08. The summed E-state index contributed by atoms with van der Waals surface area (Å²) in [5.74, 6) is 0.682. The average Bonchev–Trinajstić information content (AvgIpc) is 2.29. The van der Waals surface area contributed by atoms with Crippen molar-refractivity contribution in [2.24, 2.45) is 5.92 Å².